The van der Waals surface area contributed by atoms with Crippen LogP contribution in [0.25, 0.3) is 0 Å². The molecule has 0 spiro atoms. The zero-order valence-corrected chi connectivity index (χ0v) is 11.0. The predicted molar refractivity (Wildman–Crippen MR) is 67.0 cm³/mol. The van der Waals surface area contributed by atoms with Crippen molar-refractivity contribution in [3.05, 3.63) is 16.8 Å². The number of pyridine rings is 1. The molecule has 7 nitrogen and oxygen atoms in total. The molecule has 19 heavy (non-hydrogen) atoms. The van der Waals surface area contributed by atoms with Crippen LogP contribution in [0, 0.1) is 6.92 Å². The molecule has 0 aliphatic carbocycles. The summed E-state index contributed by atoms with van der Waals surface area (Å²) in [6.45, 7) is 4.89. The summed E-state index contributed by atoms with van der Waals surface area (Å²) in [5, 5.41) is 9.89. The lowest BCUT2D eigenvalue weighted by Gasteiger charge is -2.13. The third-order valence-electron chi connectivity index (χ3n) is 2.33. The van der Waals surface area contributed by atoms with Crippen LogP contribution in [0.2, 0.25) is 0 Å². The number of nitrogen functional groups attached to an aromatic ring is 1. The Morgan fingerprint density at radius 2 is 1.63 bits per heavy atom. The van der Waals surface area contributed by atoms with Gasteiger partial charge in [-0.05, 0) is 20.8 Å². The first-order valence-electron chi connectivity index (χ1n) is 5.77. The number of aryl methyl sites for hydroxylation is 1. The van der Waals surface area contributed by atoms with Gasteiger partial charge in [-0.2, -0.15) is 0 Å². The van der Waals surface area contributed by atoms with Crippen LogP contribution in [0.5, 0.6) is 5.75 Å². The molecule has 0 bridgehead atoms. The van der Waals surface area contributed by atoms with Crippen LogP contribution in [-0.4, -0.2) is 35.2 Å². The molecule has 0 aliphatic rings. The lowest BCUT2D eigenvalue weighted by atomic mass is 10.1. The van der Waals surface area contributed by atoms with Crippen LogP contribution in [-0.2, 0) is 9.47 Å². The SMILES string of the molecule is CCOC(=O)c1c(N)nc(C)c(O)c1C(=O)OCC. The summed E-state index contributed by atoms with van der Waals surface area (Å²) in [4.78, 5) is 27.4. The molecule has 0 atom stereocenters. The number of aromatic hydroxyl groups is 1. The number of hydrogen-bond acceptors (Lipinski definition) is 7. The summed E-state index contributed by atoms with van der Waals surface area (Å²) in [5.41, 5.74) is 5.17. The Kier molecular flexibility index (Phi) is 4.68. The van der Waals surface area contributed by atoms with Crippen molar-refractivity contribution in [1.29, 1.82) is 0 Å². The highest BCUT2D eigenvalue weighted by atomic mass is 16.5. The Bertz CT molecular complexity index is 513. The maximum absolute atomic E-state index is 11.8. The van der Waals surface area contributed by atoms with E-state index in [2.05, 4.69) is 4.98 Å². The molecule has 1 aromatic heterocycles. The fourth-order valence-electron chi connectivity index (χ4n) is 1.53. The van der Waals surface area contributed by atoms with Crippen LogP contribution in [0.3, 0.4) is 0 Å². The number of nitrogens with zero attached hydrogens (tertiary/aromatic N) is 1. The molecule has 0 radical (unpaired) electrons. The van der Waals surface area contributed by atoms with Crippen molar-refractivity contribution in [3.8, 4) is 5.75 Å². The van der Waals surface area contributed by atoms with E-state index in [4.69, 9.17) is 15.2 Å². The largest absolute Gasteiger partial charge is 0.505 e. The highest BCUT2D eigenvalue weighted by molar-refractivity contribution is 6.08. The monoisotopic (exact) mass is 268 g/mol. The number of esters is 2. The quantitative estimate of drug-likeness (QED) is 0.784. The van der Waals surface area contributed by atoms with E-state index in [0.717, 1.165) is 0 Å². The molecule has 1 rings (SSSR count). The second-order valence-corrected chi connectivity index (χ2v) is 3.62. The molecule has 104 valence electrons. The summed E-state index contributed by atoms with van der Waals surface area (Å²) >= 11 is 0. The van der Waals surface area contributed by atoms with Gasteiger partial charge < -0.3 is 20.3 Å². The minimum Gasteiger partial charge on any atom is -0.505 e. The summed E-state index contributed by atoms with van der Waals surface area (Å²) in [6.07, 6.45) is 0. The van der Waals surface area contributed by atoms with Crippen molar-refractivity contribution < 1.29 is 24.2 Å². The van der Waals surface area contributed by atoms with Gasteiger partial charge in [0.2, 0.25) is 0 Å². The lowest BCUT2D eigenvalue weighted by Crippen LogP contribution is -2.18. The van der Waals surface area contributed by atoms with Crippen molar-refractivity contribution in [2.45, 2.75) is 20.8 Å². The van der Waals surface area contributed by atoms with E-state index in [-0.39, 0.29) is 35.9 Å². The van der Waals surface area contributed by atoms with Crippen molar-refractivity contribution in [2.24, 2.45) is 0 Å². The van der Waals surface area contributed by atoms with E-state index < -0.39 is 17.7 Å². The van der Waals surface area contributed by atoms with Crippen LogP contribution in [0.15, 0.2) is 0 Å². The van der Waals surface area contributed by atoms with Gasteiger partial charge in [0.25, 0.3) is 0 Å². The standard InChI is InChI=1S/C12H16N2O5/c1-4-18-11(16)7-8(12(17)19-5-2)10(13)14-6(3)9(7)15/h15H,4-5H2,1-3H3,(H2,13,14). The molecule has 7 heteroatoms. The zero-order valence-electron chi connectivity index (χ0n) is 11.0. The summed E-state index contributed by atoms with van der Waals surface area (Å²) in [6, 6.07) is 0. The number of anilines is 1. The van der Waals surface area contributed by atoms with Crippen molar-refractivity contribution >= 4 is 17.8 Å². The first-order valence-corrected chi connectivity index (χ1v) is 5.77. The van der Waals surface area contributed by atoms with E-state index in [9.17, 15) is 14.7 Å². The highest BCUT2D eigenvalue weighted by Crippen LogP contribution is 2.29. The first-order chi connectivity index (χ1) is 8.93. The van der Waals surface area contributed by atoms with Crippen molar-refractivity contribution in [2.75, 3.05) is 18.9 Å². The number of carbonyl (C=O) groups is 2. The third kappa shape index (κ3) is 2.93. The summed E-state index contributed by atoms with van der Waals surface area (Å²) in [5.74, 6) is -2.29. The molecule has 0 saturated heterocycles. The number of aromatic nitrogens is 1. The first kappa shape index (κ1) is 14.7. The second kappa shape index (κ2) is 6.03. The van der Waals surface area contributed by atoms with E-state index in [1.165, 1.54) is 6.92 Å². The van der Waals surface area contributed by atoms with Gasteiger partial charge in [-0.25, -0.2) is 14.6 Å². The normalized spacial score (nSPS) is 10.1. The third-order valence-corrected chi connectivity index (χ3v) is 2.33. The minimum absolute atomic E-state index is 0.0990. The fourth-order valence-corrected chi connectivity index (χ4v) is 1.53. The van der Waals surface area contributed by atoms with E-state index in [0.29, 0.717) is 0 Å². The van der Waals surface area contributed by atoms with Crippen molar-refractivity contribution in [3.63, 3.8) is 0 Å². The van der Waals surface area contributed by atoms with Gasteiger partial charge in [0.1, 0.15) is 16.9 Å². The Hall–Kier alpha value is -2.31. The summed E-state index contributed by atoms with van der Waals surface area (Å²) in [7, 11) is 0. The smallest absolute Gasteiger partial charge is 0.343 e. The van der Waals surface area contributed by atoms with E-state index >= 15 is 0 Å². The Labute approximate surface area is 110 Å². The number of carbonyl (C=O) groups excluding carboxylic acids is 2. The van der Waals surface area contributed by atoms with E-state index in [1.54, 1.807) is 13.8 Å². The van der Waals surface area contributed by atoms with Gasteiger partial charge in [0, 0.05) is 0 Å². The molecular formula is C12H16N2O5. The molecule has 0 amide bonds. The predicted octanol–water partition coefficient (Wildman–Crippen LogP) is 1.03. The fraction of sp³-hybridized carbons (Fsp3) is 0.417. The molecular weight excluding hydrogens is 252 g/mol. The molecule has 1 aromatic rings. The average molecular weight is 268 g/mol. The number of nitrogens with two attached hydrogens (primary N) is 1. The van der Waals surface area contributed by atoms with Gasteiger partial charge in [0.15, 0.2) is 5.75 Å². The molecule has 0 fully saturated rings. The maximum atomic E-state index is 11.8. The Balaban J connectivity index is 3.46. The molecule has 0 aromatic carbocycles. The van der Waals surface area contributed by atoms with Gasteiger partial charge in [-0.1, -0.05) is 0 Å². The molecule has 1 heterocycles. The lowest BCUT2D eigenvalue weighted by molar-refractivity contribution is 0.0476. The number of ether oxygens (including phenoxy) is 2. The maximum Gasteiger partial charge on any atom is 0.343 e. The highest BCUT2D eigenvalue weighted by Gasteiger charge is 2.28. The topological polar surface area (TPSA) is 112 Å². The Morgan fingerprint density at radius 3 is 2.11 bits per heavy atom. The van der Waals surface area contributed by atoms with Crippen LogP contribution in [0.4, 0.5) is 5.82 Å². The molecule has 3 N–H and O–H groups in total. The van der Waals surface area contributed by atoms with Crippen LogP contribution in [0.1, 0.15) is 40.3 Å². The van der Waals surface area contributed by atoms with Gasteiger partial charge in [-0.3, -0.25) is 0 Å². The summed E-state index contributed by atoms with van der Waals surface area (Å²) < 4.78 is 9.59. The van der Waals surface area contributed by atoms with Gasteiger partial charge in [-0.15, -0.1) is 0 Å². The molecule has 0 aliphatic heterocycles. The Morgan fingerprint density at radius 1 is 1.16 bits per heavy atom. The second-order valence-electron chi connectivity index (χ2n) is 3.62. The number of hydrogen-bond donors (Lipinski definition) is 2. The number of rotatable bonds is 4. The molecule has 0 saturated carbocycles. The van der Waals surface area contributed by atoms with E-state index in [1.807, 2.05) is 0 Å². The van der Waals surface area contributed by atoms with Crippen molar-refractivity contribution in [1.82, 2.24) is 4.98 Å². The average Bonchev–Trinajstić information content (AvgIpc) is 2.33. The minimum atomic E-state index is -0.847. The van der Waals surface area contributed by atoms with Crippen LogP contribution < -0.4 is 5.73 Å². The zero-order chi connectivity index (χ0) is 14.6. The van der Waals surface area contributed by atoms with Gasteiger partial charge >= 0.3 is 11.9 Å². The molecule has 0 unspecified atom stereocenters. The van der Waals surface area contributed by atoms with Gasteiger partial charge in [0.05, 0.1) is 18.9 Å². The van der Waals surface area contributed by atoms with Crippen LogP contribution >= 0.6 is 0 Å².